The van der Waals surface area contributed by atoms with Crippen molar-refractivity contribution in [1.29, 1.82) is 0 Å². The lowest BCUT2D eigenvalue weighted by Gasteiger charge is -2.12. The van der Waals surface area contributed by atoms with E-state index in [2.05, 4.69) is 15.5 Å². The fourth-order valence-electron chi connectivity index (χ4n) is 3.28. The van der Waals surface area contributed by atoms with Crippen LogP contribution in [0.5, 0.6) is 0 Å². The Labute approximate surface area is 184 Å². The van der Waals surface area contributed by atoms with Crippen LogP contribution in [0.3, 0.4) is 0 Å². The summed E-state index contributed by atoms with van der Waals surface area (Å²) in [6, 6.07) is 19.4. The molecule has 31 heavy (non-hydrogen) atoms. The summed E-state index contributed by atoms with van der Waals surface area (Å²) in [5, 5.41) is 13.3. The van der Waals surface area contributed by atoms with Crippen LogP contribution in [0.25, 0.3) is 22.4 Å². The minimum absolute atomic E-state index is 0.0968. The highest BCUT2D eigenvalue weighted by atomic mass is 32.2. The van der Waals surface area contributed by atoms with Crippen molar-refractivity contribution >= 4 is 28.6 Å². The molecular formula is C23H24N4O3S. The molecule has 160 valence electrons. The molecule has 0 bridgehead atoms. The summed E-state index contributed by atoms with van der Waals surface area (Å²) in [6.45, 7) is 3.04. The average Bonchev–Trinajstić information content (AvgIpc) is 3.41. The van der Waals surface area contributed by atoms with Gasteiger partial charge in [-0.2, -0.15) is 0 Å². The summed E-state index contributed by atoms with van der Waals surface area (Å²) in [4.78, 5) is 12.6. The van der Waals surface area contributed by atoms with Crippen molar-refractivity contribution in [3.05, 3.63) is 66.4 Å². The van der Waals surface area contributed by atoms with Gasteiger partial charge in [0.1, 0.15) is 11.3 Å². The van der Waals surface area contributed by atoms with Gasteiger partial charge in [-0.05, 0) is 19.1 Å². The van der Waals surface area contributed by atoms with Crippen molar-refractivity contribution in [3.63, 3.8) is 0 Å². The number of furan rings is 1. The standard InChI is InChI=1S/C23H24N4O3S/c1-16(20-14-18-10-6-7-11-19(18)30-20)24-21(28)15-31-23-26-25-22(27(23)12-13-29-2)17-8-4-3-5-9-17/h3-11,14,16H,12-13,15H2,1-2H3,(H,24,28). The maximum atomic E-state index is 12.6. The summed E-state index contributed by atoms with van der Waals surface area (Å²) in [5.74, 6) is 1.62. The number of para-hydroxylation sites is 1. The summed E-state index contributed by atoms with van der Waals surface area (Å²) in [6.07, 6.45) is 0. The largest absolute Gasteiger partial charge is 0.459 e. The zero-order valence-corrected chi connectivity index (χ0v) is 18.3. The molecule has 0 saturated carbocycles. The molecule has 4 aromatic rings. The van der Waals surface area contributed by atoms with Gasteiger partial charge in [0.25, 0.3) is 0 Å². The molecule has 0 aliphatic rings. The fraction of sp³-hybridized carbons (Fsp3) is 0.261. The van der Waals surface area contributed by atoms with Gasteiger partial charge in [-0.1, -0.05) is 60.3 Å². The summed E-state index contributed by atoms with van der Waals surface area (Å²) in [5.41, 5.74) is 1.79. The SMILES string of the molecule is COCCn1c(SCC(=O)NC(C)c2cc3ccccc3o2)nnc1-c1ccccc1. The minimum atomic E-state index is -0.230. The highest BCUT2D eigenvalue weighted by molar-refractivity contribution is 7.99. The average molecular weight is 437 g/mol. The smallest absolute Gasteiger partial charge is 0.231 e. The van der Waals surface area contributed by atoms with E-state index in [-0.39, 0.29) is 17.7 Å². The Kier molecular flexibility index (Phi) is 6.69. The number of rotatable bonds is 9. The van der Waals surface area contributed by atoms with Gasteiger partial charge in [0, 0.05) is 18.1 Å². The number of ether oxygens (including phenoxy) is 1. The van der Waals surface area contributed by atoms with Gasteiger partial charge in [0.2, 0.25) is 5.91 Å². The van der Waals surface area contributed by atoms with Crippen LogP contribution in [0.4, 0.5) is 0 Å². The maximum absolute atomic E-state index is 12.6. The van der Waals surface area contributed by atoms with E-state index < -0.39 is 0 Å². The third-order valence-electron chi connectivity index (χ3n) is 4.85. The monoisotopic (exact) mass is 436 g/mol. The van der Waals surface area contributed by atoms with Crippen LogP contribution in [0, 0.1) is 0 Å². The normalized spacial score (nSPS) is 12.2. The Morgan fingerprint density at radius 2 is 1.94 bits per heavy atom. The van der Waals surface area contributed by atoms with Crippen molar-refractivity contribution in [2.24, 2.45) is 0 Å². The van der Waals surface area contributed by atoms with Crippen molar-refractivity contribution in [3.8, 4) is 11.4 Å². The Bertz CT molecular complexity index is 1120. The van der Waals surface area contributed by atoms with E-state index in [0.29, 0.717) is 18.3 Å². The number of hydrogen-bond donors (Lipinski definition) is 1. The number of benzene rings is 2. The molecule has 4 rings (SSSR count). The van der Waals surface area contributed by atoms with Crippen molar-refractivity contribution < 1.29 is 13.9 Å². The van der Waals surface area contributed by atoms with Crippen LogP contribution in [-0.2, 0) is 16.1 Å². The maximum Gasteiger partial charge on any atom is 0.231 e. The van der Waals surface area contributed by atoms with Gasteiger partial charge in [0.05, 0.1) is 24.9 Å². The quantitative estimate of drug-likeness (QED) is 0.394. The molecule has 0 fully saturated rings. The number of carbonyl (C=O) groups excluding carboxylic acids is 1. The number of fused-ring (bicyclic) bond motifs is 1. The Morgan fingerprint density at radius 3 is 2.71 bits per heavy atom. The molecule has 2 heterocycles. The van der Waals surface area contributed by atoms with Gasteiger partial charge in [-0.3, -0.25) is 9.36 Å². The number of nitrogens with one attached hydrogen (secondary N) is 1. The fourth-order valence-corrected chi connectivity index (χ4v) is 4.06. The summed E-state index contributed by atoms with van der Waals surface area (Å²) >= 11 is 1.35. The Balaban J connectivity index is 1.42. The number of aromatic nitrogens is 3. The molecule has 7 nitrogen and oxygen atoms in total. The molecule has 8 heteroatoms. The molecule has 2 aromatic carbocycles. The van der Waals surface area contributed by atoms with Crippen LogP contribution in [0.15, 0.2) is 70.2 Å². The van der Waals surface area contributed by atoms with Gasteiger partial charge in [-0.15, -0.1) is 10.2 Å². The molecule has 0 spiro atoms. The second-order valence-electron chi connectivity index (χ2n) is 7.08. The van der Waals surface area contributed by atoms with Crippen molar-refractivity contribution in [2.45, 2.75) is 24.7 Å². The first kappa shape index (κ1) is 21.1. The highest BCUT2D eigenvalue weighted by Crippen LogP contribution is 2.25. The molecule has 1 amide bonds. The number of methoxy groups -OCH3 is 1. The summed E-state index contributed by atoms with van der Waals surface area (Å²) in [7, 11) is 1.66. The number of hydrogen-bond acceptors (Lipinski definition) is 6. The number of carbonyl (C=O) groups is 1. The van der Waals surface area contributed by atoms with Gasteiger partial charge >= 0.3 is 0 Å². The Hall–Kier alpha value is -3.10. The number of amides is 1. The molecule has 0 aliphatic heterocycles. The van der Waals surface area contributed by atoms with Crippen LogP contribution < -0.4 is 5.32 Å². The Morgan fingerprint density at radius 1 is 1.16 bits per heavy atom. The van der Waals surface area contributed by atoms with Crippen molar-refractivity contribution in [2.75, 3.05) is 19.5 Å². The van der Waals surface area contributed by atoms with Gasteiger partial charge < -0.3 is 14.5 Å². The third-order valence-corrected chi connectivity index (χ3v) is 5.82. The van der Waals surface area contributed by atoms with E-state index in [1.807, 2.05) is 72.2 Å². The molecule has 1 atom stereocenters. The molecule has 2 aromatic heterocycles. The molecular weight excluding hydrogens is 412 g/mol. The second kappa shape index (κ2) is 9.80. The van der Waals surface area contributed by atoms with E-state index in [1.165, 1.54) is 11.8 Å². The molecule has 1 N–H and O–H groups in total. The first-order valence-corrected chi connectivity index (χ1v) is 11.0. The first-order chi connectivity index (χ1) is 15.2. The molecule has 1 unspecified atom stereocenters. The zero-order valence-electron chi connectivity index (χ0n) is 17.4. The predicted octanol–water partition coefficient (Wildman–Crippen LogP) is 4.31. The lowest BCUT2D eigenvalue weighted by Crippen LogP contribution is -2.28. The van der Waals surface area contributed by atoms with E-state index >= 15 is 0 Å². The summed E-state index contributed by atoms with van der Waals surface area (Å²) < 4.78 is 13.1. The molecule has 0 saturated heterocycles. The van der Waals surface area contributed by atoms with Crippen LogP contribution in [0.2, 0.25) is 0 Å². The lowest BCUT2D eigenvalue weighted by atomic mass is 10.2. The number of thioether (sulfide) groups is 1. The zero-order chi connectivity index (χ0) is 21.6. The van der Waals surface area contributed by atoms with Crippen LogP contribution in [-0.4, -0.2) is 40.1 Å². The molecule has 0 radical (unpaired) electrons. The van der Waals surface area contributed by atoms with E-state index in [4.69, 9.17) is 9.15 Å². The lowest BCUT2D eigenvalue weighted by molar-refractivity contribution is -0.119. The van der Waals surface area contributed by atoms with Crippen LogP contribution >= 0.6 is 11.8 Å². The van der Waals surface area contributed by atoms with E-state index in [1.54, 1.807) is 7.11 Å². The van der Waals surface area contributed by atoms with Crippen molar-refractivity contribution in [1.82, 2.24) is 20.1 Å². The van der Waals surface area contributed by atoms with Crippen LogP contribution in [0.1, 0.15) is 18.7 Å². The topological polar surface area (TPSA) is 82.2 Å². The highest BCUT2D eigenvalue weighted by Gasteiger charge is 2.18. The third kappa shape index (κ3) is 4.98. The van der Waals surface area contributed by atoms with E-state index in [9.17, 15) is 4.79 Å². The molecule has 0 aliphatic carbocycles. The first-order valence-electron chi connectivity index (χ1n) is 10.0. The predicted molar refractivity (Wildman–Crippen MR) is 121 cm³/mol. The minimum Gasteiger partial charge on any atom is -0.459 e. The number of nitrogens with zero attached hydrogens (tertiary/aromatic N) is 3. The van der Waals surface area contributed by atoms with Gasteiger partial charge in [0.15, 0.2) is 11.0 Å². The van der Waals surface area contributed by atoms with E-state index in [0.717, 1.165) is 28.1 Å². The van der Waals surface area contributed by atoms with Gasteiger partial charge in [-0.25, -0.2) is 0 Å². The second-order valence-corrected chi connectivity index (χ2v) is 8.02.